The molecule has 2 aromatic carbocycles. The van der Waals surface area contributed by atoms with Gasteiger partial charge in [-0.15, -0.1) is 0 Å². The molecule has 2 aromatic rings. The molecule has 0 spiro atoms. The molecule has 0 amide bonds. The van der Waals surface area contributed by atoms with Gasteiger partial charge in [0.2, 0.25) is 0 Å². The second-order valence-corrected chi connectivity index (χ2v) is 9.93. The molecule has 0 aliphatic carbocycles. The van der Waals surface area contributed by atoms with Crippen LogP contribution in [0, 0.1) is 10.1 Å². The van der Waals surface area contributed by atoms with Crippen molar-refractivity contribution in [2.45, 2.75) is 25.7 Å². The Hall–Kier alpha value is -3.74. The summed E-state index contributed by atoms with van der Waals surface area (Å²) in [7, 11) is 0. The summed E-state index contributed by atoms with van der Waals surface area (Å²) in [6.45, 7) is 4.17. The van der Waals surface area contributed by atoms with Crippen molar-refractivity contribution >= 4 is 34.4 Å². The van der Waals surface area contributed by atoms with E-state index in [1.807, 2.05) is 42.2 Å². The van der Waals surface area contributed by atoms with Crippen LogP contribution in [0.2, 0.25) is 0 Å². The molecule has 38 heavy (non-hydrogen) atoms. The van der Waals surface area contributed by atoms with Gasteiger partial charge < -0.3 is 19.1 Å². The Morgan fingerprint density at radius 1 is 1.13 bits per heavy atom. The summed E-state index contributed by atoms with van der Waals surface area (Å²) in [6, 6.07) is 14.3. The summed E-state index contributed by atoms with van der Waals surface area (Å²) in [6.07, 6.45) is -0.672. The van der Waals surface area contributed by atoms with Gasteiger partial charge in [-0.2, -0.15) is 4.31 Å². The van der Waals surface area contributed by atoms with Crippen LogP contribution in [0.1, 0.15) is 12.5 Å². The first-order valence-corrected chi connectivity index (χ1v) is 12.9. The number of benzene rings is 2. The van der Waals surface area contributed by atoms with Crippen molar-refractivity contribution in [3.8, 4) is 5.75 Å². The van der Waals surface area contributed by atoms with E-state index in [0.29, 0.717) is 48.4 Å². The lowest BCUT2D eigenvalue weighted by Crippen LogP contribution is -2.61. The molecule has 3 aliphatic rings. The van der Waals surface area contributed by atoms with E-state index in [2.05, 4.69) is 4.99 Å². The zero-order valence-electron chi connectivity index (χ0n) is 20.6. The largest absolute Gasteiger partial charge is 0.487 e. The van der Waals surface area contributed by atoms with Crippen molar-refractivity contribution in [3.05, 3.63) is 81.5 Å². The number of Topliss-reactive ketones (excluding diaryl/α,β-unsaturated/α-hetero) is 1. The summed E-state index contributed by atoms with van der Waals surface area (Å²) in [5, 5.41) is 11.6. The van der Waals surface area contributed by atoms with Crippen molar-refractivity contribution < 1.29 is 28.7 Å². The molecule has 11 nitrogen and oxygen atoms in total. The van der Waals surface area contributed by atoms with E-state index in [4.69, 9.17) is 14.2 Å². The molecule has 2 unspecified atom stereocenters. The number of nitrogens with zero attached hydrogens (tertiary/aromatic N) is 4. The predicted molar refractivity (Wildman–Crippen MR) is 139 cm³/mol. The van der Waals surface area contributed by atoms with Crippen LogP contribution in [0.5, 0.6) is 5.75 Å². The second-order valence-electron chi connectivity index (χ2n) is 8.85. The molecule has 3 heterocycles. The Bertz CT molecular complexity index is 1280. The zero-order chi connectivity index (χ0) is 26.6. The van der Waals surface area contributed by atoms with Gasteiger partial charge in [0.1, 0.15) is 30.0 Å². The van der Waals surface area contributed by atoms with Crippen LogP contribution in [0.3, 0.4) is 0 Å². The van der Waals surface area contributed by atoms with Gasteiger partial charge in [0, 0.05) is 30.9 Å². The maximum Gasteiger partial charge on any atom is 0.338 e. The van der Waals surface area contributed by atoms with Crippen LogP contribution in [0.4, 0.5) is 5.69 Å². The number of aliphatic imine (C=N–C) groups is 1. The van der Waals surface area contributed by atoms with Crippen LogP contribution in [-0.2, 0) is 25.7 Å². The summed E-state index contributed by atoms with van der Waals surface area (Å²) >= 11 is 1.31. The molecular weight excluding hydrogens is 512 g/mol. The number of ether oxygens (including phenoxy) is 3. The lowest BCUT2D eigenvalue weighted by atomic mass is 9.91. The van der Waals surface area contributed by atoms with E-state index in [0.717, 1.165) is 0 Å². The SMILES string of the molecule is CC(=C(C(=O)OCc1ccc([N+](=O)[O-])cc1)C1C(=O)C2N=C(COc3ccccc3)SN21)N1CCOCC1. The first-order valence-electron chi connectivity index (χ1n) is 12.1. The first kappa shape index (κ1) is 25.9. The van der Waals surface area contributed by atoms with E-state index in [9.17, 15) is 19.7 Å². The number of non-ortho nitro benzene ring substituents is 1. The third-order valence-corrected chi connectivity index (χ3v) is 7.54. The van der Waals surface area contributed by atoms with Crippen molar-refractivity contribution in [3.63, 3.8) is 0 Å². The first-order chi connectivity index (χ1) is 18.4. The highest BCUT2D eigenvalue weighted by Crippen LogP contribution is 2.42. The molecule has 5 rings (SSSR count). The fraction of sp³-hybridized carbons (Fsp3) is 0.346. The fourth-order valence-electron chi connectivity index (χ4n) is 4.42. The normalized spacial score (nSPS) is 21.7. The molecule has 0 aromatic heterocycles. The predicted octanol–water partition coefficient (Wildman–Crippen LogP) is 2.96. The number of fused-ring (bicyclic) bond motifs is 1. The molecule has 2 fully saturated rings. The minimum atomic E-state index is -0.810. The monoisotopic (exact) mass is 538 g/mol. The molecule has 2 atom stereocenters. The molecule has 3 aliphatic heterocycles. The number of hydrogen-bond acceptors (Lipinski definition) is 11. The molecule has 12 heteroatoms. The number of hydrogen-bond donors (Lipinski definition) is 0. The minimum Gasteiger partial charge on any atom is -0.487 e. The number of nitro groups is 1. The average molecular weight is 539 g/mol. The van der Waals surface area contributed by atoms with E-state index < -0.39 is 23.1 Å². The maximum absolute atomic E-state index is 13.4. The van der Waals surface area contributed by atoms with Gasteiger partial charge in [0.25, 0.3) is 5.69 Å². The Morgan fingerprint density at radius 2 is 1.84 bits per heavy atom. The number of carbonyl (C=O) groups is 2. The van der Waals surface area contributed by atoms with Gasteiger partial charge in [-0.05, 0) is 48.7 Å². The topological polar surface area (TPSA) is 124 Å². The van der Waals surface area contributed by atoms with Crippen LogP contribution < -0.4 is 4.74 Å². The summed E-state index contributed by atoms with van der Waals surface area (Å²) in [5.41, 5.74) is 1.48. The van der Waals surface area contributed by atoms with E-state index in [1.165, 1.54) is 36.2 Å². The Kier molecular flexibility index (Phi) is 7.72. The van der Waals surface area contributed by atoms with Crippen molar-refractivity contribution in [1.82, 2.24) is 9.21 Å². The summed E-state index contributed by atoms with van der Waals surface area (Å²) in [5.74, 6) is -0.0904. The molecule has 0 N–H and O–H groups in total. The molecule has 0 radical (unpaired) electrons. The third-order valence-electron chi connectivity index (χ3n) is 6.49. The van der Waals surface area contributed by atoms with E-state index in [1.54, 1.807) is 4.31 Å². The molecule has 0 saturated carbocycles. The van der Waals surface area contributed by atoms with Crippen LogP contribution in [0.15, 0.2) is 70.9 Å². The van der Waals surface area contributed by atoms with Gasteiger partial charge >= 0.3 is 5.97 Å². The van der Waals surface area contributed by atoms with Gasteiger partial charge in [0.15, 0.2) is 11.9 Å². The highest BCUT2D eigenvalue weighted by atomic mass is 32.2. The van der Waals surface area contributed by atoms with E-state index >= 15 is 0 Å². The summed E-state index contributed by atoms with van der Waals surface area (Å²) < 4.78 is 18.7. The van der Waals surface area contributed by atoms with Crippen LogP contribution in [0.25, 0.3) is 0 Å². The van der Waals surface area contributed by atoms with Crippen molar-refractivity contribution in [2.75, 3.05) is 32.9 Å². The molecule has 198 valence electrons. The number of morpholine rings is 1. The number of para-hydroxylation sites is 1. The van der Waals surface area contributed by atoms with Gasteiger partial charge in [-0.25, -0.2) is 9.79 Å². The minimum absolute atomic E-state index is 0.0481. The van der Waals surface area contributed by atoms with Crippen molar-refractivity contribution in [2.24, 2.45) is 4.99 Å². The Morgan fingerprint density at radius 3 is 2.53 bits per heavy atom. The lowest BCUT2D eigenvalue weighted by molar-refractivity contribution is -0.384. The second kappa shape index (κ2) is 11.3. The standard InChI is InChI=1S/C26H26N4O7S/c1-17(28-11-13-35-14-12-28)22(26(32)37-15-18-7-9-19(10-8-18)30(33)34)23-24(31)25-27-21(38-29(23)25)16-36-20-5-3-2-4-6-20/h2-10,23,25H,11-16H2,1H3. The fourth-order valence-corrected chi connectivity index (χ4v) is 5.49. The highest BCUT2D eigenvalue weighted by molar-refractivity contribution is 8.12. The van der Waals surface area contributed by atoms with Crippen LogP contribution >= 0.6 is 11.9 Å². The number of allylic oxidation sites excluding steroid dienone is 1. The highest BCUT2D eigenvalue weighted by Gasteiger charge is 2.56. The Labute approximate surface area is 223 Å². The van der Waals surface area contributed by atoms with Gasteiger partial charge in [-0.1, -0.05) is 18.2 Å². The van der Waals surface area contributed by atoms with Gasteiger partial charge in [-0.3, -0.25) is 14.9 Å². The molecule has 2 saturated heterocycles. The quantitative estimate of drug-likeness (QED) is 0.155. The average Bonchev–Trinajstić information content (AvgIpc) is 3.33. The zero-order valence-corrected chi connectivity index (χ0v) is 21.5. The third kappa shape index (κ3) is 5.42. The number of esters is 1. The van der Waals surface area contributed by atoms with Gasteiger partial charge in [0.05, 0.1) is 23.7 Å². The number of ketones is 1. The number of carbonyl (C=O) groups excluding carboxylic acids is 2. The molecular formula is C26H26N4O7S. The van der Waals surface area contributed by atoms with Crippen molar-refractivity contribution in [1.29, 1.82) is 0 Å². The summed E-state index contributed by atoms with van der Waals surface area (Å²) in [4.78, 5) is 43.6. The smallest absolute Gasteiger partial charge is 0.338 e. The maximum atomic E-state index is 13.4. The van der Waals surface area contributed by atoms with Crippen LogP contribution in [-0.4, -0.2) is 76.0 Å². The number of rotatable bonds is 9. The number of nitro benzene ring substituents is 1. The lowest BCUT2D eigenvalue weighted by Gasteiger charge is -2.41. The Balaban J connectivity index is 1.31. The van der Waals surface area contributed by atoms with E-state index in [-0.39, 0.29) is 30.3 Å². The molecule has 0 bridgehead atoms.